The molecular weight excluding hydrogens is 224 g/mol. The summed E-state index contributed by atoms with van der Waals surface area (Å²) in [5.41, 5.74) is 0. The van der Waals surface area contributed by atoms with E-state index < -0.39 is 0 Å². The minimum Gasteiger partial charge on any atom is -0.340 e. The normalized spacial score (nSPS) is 17.4. The number of piperidine rings is 1. The summed E-state index contributed by atoms with van der Waals surface area (Å²) < 4.78 is 0. The zero-order chi connectivity index (χ0) is 13.5. The molecule has 18 heavy (non-hydrogen) atoms. The minimum atomic E-state index is 0.321. The van der Waals surface area contributed by atoms with E-state index in [0.717, 1.165) is 13.1 Å². The van der Waals surface area contributed by atoms with Crippen LogP contribution in [-0.2, 0) is 4.79 Å². The highest BCUT2D eigenvalue weighted by molar-refractivity contribution is 5.76. The van der Waals surface area contributed by atoms with E-state index in [9.17, 15) is 4.79 Å². The topological polar surface area (TPSA) is 23.6 Å². The quantitative estimate of drug-likeness (QED) is 0.727. The Labute approximate surface area is 113 Å². The van der Waals surface area contributed by atoms with Gasteiger partial charge in [0.1, 0.15) is 0 Å². The fourth-order valence-electron chi connectivity index (χ4n) is 2.57. The van der Waals surface area contributed by atoms with E-state index in [4.69, 9.17) is 0 Å². The van der Waals surface area contributed by atoms with Gasteiger partial charge in [-0.25, -0.2) is 0 Å². The largest absolute Gasteiger partial charge is 0.340 e. The lowest BCUT2D eigenvalue weighted by Crippen LogP contribution is -2.41. The summed E-state index contributed by atoms with van der Waals surface area (Å²) in [5.74, 6) is 0.871. The number of rotatable bonds is 6. The molecule has 0 aromatic carbocycles. The minimum absolute atomic E-state index is 0.321. The highest BCUT2D eigenvalue weighted by Gasteiger charge is 2.19. The molecule has 3 nitrogen and oxygen atoms in total. The van der Waals surface area contributed by atoms with Gasteiger partial charge in [-0.15, -0.1) is 0 Å². The van der Waals surface area contributed by atoms with Crippen LogP contribution >= 0.6 is 0 Å². The molecule has 1 aliphatic heterocycles. The van der Waals surface area contributed by atoms with Gasteiger partial charge in [-0.2, -0.15) is 0 Å². The number of carbonyl (C=O) groups excluding carboxylic acids is 1. The summed E-state index contributed by atoms with van der Waals surface area (Å²) in [4.78, 5) is 16.7. The van der Waals surface area contributed by atoms with Crippen molar-refractivity contribution in [2.24, 2.45) is 5.92 Å². The van der Waals surface area contributed by atoms with Crippen molar-refractivity contribution in [3.8, 4) is 0 Å². The van der Waals surface area contributed by atoms with Crippen LogP contribution in [0.4, 0.5) is 0 Å². The van der Waals surface area contributed by atoms with Gasteiger partial charge in [0.05, 0.1) is 0 Å². The molecule has 1 aliphatic rings. The second kappa shape index (κ2) is 7.78. The molecule has 0 radical (unpaired) electrons. The molecule has 0 bridgehead atoms. The van der Waals surface area contributed by atoms with Gasteiger partial charge in [0.2, 0.25) is 5.91 Å². The van der Waals surface area contributed by atoms with Crippen LogP contribution in [0, 0.1) is 5.92 Å². The average Bonchev–Trinajstić information content (AvgIpc) is 2.34. The van der Waals surface area contributed by atoms with Gasteiger partial charge in [0.15, 0.2) is 0 Å². The first kappa shape index (κ1) is 15.5. The monoisotopic (exact) mass is 254 g/mol. The fourth-order valence-corrected chi connectivity index (χ4v) is 2.57. The molecule has 1 saturated heterocycles. The third kappa shape index (κ3) is 5.38. The molecule has 1 amide bonds. The van der Waals surface area contributed by atoms with Crippen LogP contribution in [0.2, 0.25) is 0 Å². The first-order chi connectivity index (χ1) is 8.50. The van der Waals surface area contributed by atoms with Gasteiger partial charge in [-0.1, -0.05) is 20.3 Å². The van der Waals surface area contributed by atoms with Crippen molar-refractivity contribution in [1.29, 1.82) is 0 Å². The Morgan fingerprint density at radius 2 is 1.72 bits per heavy atom. The van der Waals surface area contributed by atoms with Crippen molar-refractivity contribution < 1.29 is 4.79 Å². The molecule has 0 aromatic heterocycles. The molecular formula is C15H30N2O. The molecule has 0 aromatic rings. The van der Waals surface area contributed by atoms with Crippen LogP contribution in [0.5, 0.6) is 0 Å². The maximum Gasteiger partial charge on any atom is 0.224 e. The first-order valence-electron chi connectivity index (χ1n) is 7.52. The van der Waals surface area contributed by atoms with E-state index in [2.05, 4.69) is 32.6 Å². The first-order valence-corrected chi connectivity index (χ1v) is 7.52. The number of amides is 1. The fraction of sp³-hybridized carbons (Fsp3) is 0.933. The molecule has 106 valence electrons. The molecule has 3 heteroatoms. The van der Waals surface area contributed by atoms with E-state index in [-0.39, 0.29) is 0 Å². The molecule has 0 saturated carbocycles. The average molecular weight is 254 g/mol. The SMILES string of the molecule is CC(C)CN(C(=O)CCN1CCCCC1)C(C)C. The smallest absolute Gasteiger partial charge is 0.224 e. The molecule has 1 heterocycles. The Kier molecular flexibility index (Phi) is 6.69. The zero-order valence-electron chi connectivity index (χ0n) is 12.6. The zero-order valence-corrected chi connectivity index (χ0v) is 12.6. The Balaban J connectivity index is 2.35. The molecule has 0 aliphatic carbocycles. The van der Waals surface area contributed by atoms with Crippen molar-refractivity contribution in [2.75, 3.05) is 26.2 Å². The summed E-state index contributed by atoms with van der Waals surface area (Å²) in [6.07, 6.45) is 4.64. The van der Waals surface area contributed by atoms with Crippen molar-refractivity contribution >= 4 is 5.91 Å². The summed E-state index contributed by atoms with van der Waals surface area (Å²) in [6.45, 7) is 12.8. The third-order valence-electron chi connectivity index (χ3n) is 3.60. The lowest BCUT2D eigenvalue weighted by Gasteiger charge is -2.31. The van der Waals surface area contributed by atoms with Crippen LogP contribution in [0.1, 0.15) is 53.4 Å². The van der Waals surface area contributed by atoms with Crippen LogP contribution in [0.3, 0.4) is 0 Å². The summed E-state index contributed by atoms with van der Waals surface area (Å²) in [7, 11) is 0. The van der Waals surface area contributed by atoms with E-state index in [1.54, 1.807) is 0 Å². The van der Waals surface area contributed by atoms with Crippen LogP contribution < -0.4 is 0 Å². The summed E-state index contributed by atoms with van der Waals surface area (Å²) in [5, 5.41) is 0. The summed E-state index contributed by atoms with van der Waals surface area (Å²) in [6, 6.07) is 0.321. The van der Waals surface area contributed by atoms with Crippen LogP contribution in [-0.4, -0.2) is 47.9 Å². The number of likely N-dealkylation sites (tertiary alicyclic amines) is 1. The highest BCUT2D eigenvalue weighted by Crippen LogP contribution is 2.11. The van der Waals surface area contributed by atoms with Gasteiger partial charge in [0.25, 0.3) is 0 Å². The van der Waals surface area contributed by atoms with E-state index in [0.29, 0.717) is 24.3 Å². The van der Waals surface area contributed by atoms with Crippen molar-refractivity contribution in [3.05, 3.63) is 0 Å². The molecule has 1 fully saturated rings. The van der Waals surface area contributed by atoms with Gasteiger partial charge in [0, 0.05) is 25.6 Å². The lowest BCUT2D eigenvalue weighted by molar-refractivity contribution is -0.133. The molecule has 1 rings (SSSR count). The van der Waals surface area contributed by atoms with Crippen molar-refractivity contribution in [3.63, 3.8) is 0 Å². The Hall–Kier alpha value is -0.570. The number of nitrogens with zero attached hydrogens (tertiary/aromatic N) is 2. The maximum absolute atomic E-state index is 12.3. The van der Waals surface area contributed by atoms with Gasteiger partial charge in [-0.3, -0.25) is 4.79 Å². The predicted molar refractivity (Wildman–Crippen MR) is 76.6 cm³/mol. The Morgan fingerprint density at radius 3 is 2.22 bits per heavy atom. The highest BCUT2D eigenvalue weighted by atomic mass is 16.2. The Bertz CT molecular complexity index is 245. The van der Waals surface area contributed by atoms with Gasteiger partial charge in [-0.05, 0) is 45.7 Å². The standard InChI is InChI=1S/C15H30N2O/c1-13(2)12-17(14(3)4)15(18)8-11-16-9-6-5-7-10-16/h13-14H,5-12H2,1-4H3. The number of hydrogen-bond acceptors (Lipinski definition) is 2. The second-order valence-electron chi connectivity index (χ2n) is 6.19. The van der Waals surface area contributed by atoms with Gasteiger partial charge >= 0.3 is 0 Å². The molecule has 0 N–H and O–H groups in total. The third-order valence-corrected chi connectivity index (χ3v) is 3.60. The van der Waals surface area contributed by atoms with Gasteiger partial charge < -0.3 is 9.80 Å². The maximum atomic E-state index is 12.3. The lowest BCUT2D eigenvalue weighted by atomic mass is 10.1. The van der Waals surface area contributed by atoms with Crippen LogP contribution in [0.25, 0.3) is 0 Å². The van der Waals surface area contributed by atoms with Crippen LogP contribution in [0.15, 0.2) is 0 Å². The Morgan fingerprint density at radius 1 is 1.11 bits per heavy atom. The second-order valence-corrected chi connectivity index (χ2v) is 6.19. The van der Waals surface area contributed by atoms with E-state index in [1.165, 1.54) is 32.4 Å². The van der Waals surface area contributed by atoms with Crippen molar-refractivity contribution in [1.82, 2.24) is 9.80 Å². The van der Waals surface area contributed by atoms with E-state index in [1.807, 2.05) is 4.90 Å². The van der Waals surface area contributed by atoms with E-state index >= 15 is 0 Å². The molecule has 0 unspecified atom stereocenters. The molecule has 0 spiro atoms. The number of hydrogen-bond donors (Lipinski definition) is 0. The van der Waals surface area contributed by atoms with Crippen molar-refractivity contribution in [2.45, 2.75) is 59.4 Å². The summed E-state index contributed by atoms with van der Waals surface area (Å²) >= 11 is 0. The molecule has 0 atom stereocenters. The predicted octanol–water partition coefficient (Wildman–Crippen LogP) is 2.76. The number of carbonyl (C=O) groups is 1.